The zero-order valence-electron chi connectivity index (χ0n) is 18.6. The quantitative estimate of drug-likeness (QED) is 0.803. The minimum absolute atomic E-state index is 0.00375. The van der Waals surface area contributed by atoms with Crippen LogP contribution in [0, 0.1) is 19.8 Å². The monoisotopic (exact) mass is 421 g/mol. The van der Waals surface area contributed by atoms with Crippen molar-refractivity contribution in [2.45, 2.75) is 39.2 Å². The molecule has 31 heavy (non-hydrogen) atoms. The second kappa shape index (κ2) is 9.00. The van der Waals surface area contributed by atoms with E-state index in [9.17, 15) is 9.59 Å². The van der Waals surface area contributed by atoms with Gasteiger partial charge >= 0.3 is 0 Å². The van der Waals surface area contributed by atoms with Gasteiger partial charge in [-0.2, -0.15) is 0 Å². The van der Waals surface area contributed by atoms with Crippen LogP contribution in [0.25, 0.3) is 0 Å². The molecule has 2 saturated heterocycles. The standard InChI is InChI=1S/C25H31N3O3/c1-17-5-4-6-23(18(17)2)28-16-19(15-24(28)29)25(30)26-20-11-13-27(14-12-20)21-7-9-22(31-3)10-8-21/h4-10,19-20H,11-16H2,1-3H3,(H,26,30). The summed E-state index contributed by atoms with van der Waals surface area (Å²) in [5, 5.41) is 3.21. The van der Waals surface area contributed by atoms with E-state index in [-0.39, 0.29) is 30.2 Å². The molecule has 4 rings (SSSR count). The first-order valence-corrected chi connectivity index (χ1v) is 11.0. The highest BCUT2D eigenvalue weighted by Crippen LogP contribution is 2.30. The van der Waals surface area contributed by atoms with Gasteiger partial charge in [-0.05, 0) is 68.1 Å². The minimum atomic E-state index is -0.285. The summed E-state index contributed by atoms with van der Waals surface area (Å²) in [5.74, 6) is 0.603. The minimum Gasteiger partial charge on any atom is -0.497 e. The molecular formula is C25H31N3O3. The second-order valence-corrected chi connectivity index (χ2v) is 8.59. The molecule has 2 heterocycles. The molecule has 2 aliphatic heterocycles. The van der Waals surface area contributed by atoms with Gasteiger partial charge in [0.15, 0.2) is 0 Å². The molecule has 0 aliphatic carbocycles. The Labute approximate surface area is 184 Å². The van der Waals surface area contributed by atoms with Crippen molar-refractivity contribution in [1.29, 1.82) is 0 Å². The number of benzene rings is 2. The highest BCUT2D eigenvalue weighted by Gasteiger charge is 2.36. The van der Waals surface area contributed by atoms with Crippen LogP contribution < -0.4 is 19.9 Å². The van der Waals surface area contributed by atoms with Crippen molar-refractivity contribution >= 4 is 23.2 Å². The van der Waals surface area contributed by atoms with Gasteiger partial charge in [0.25, 0.3) is 0 Å². The number of hydrogen-bond donors (Lipinski definition) is 1. The van der Waals surface area contributed by atoms with Gasteiger partial charge in [-0.15, -0.1) is 0 Å². The largest absolute Gasteiger partial charge is 0.497 e. The van der Waals surface area contributed by atoms with Crippen molar-refractivity contribution in [2.24, 2.45) is 5.92 Å². The number of amides is 2. The summed E-state index contributed by atoms with van der Waals surface area (Å²) in [4.78, 5) is 29.6. The van der Waals surface area contributed by atoms with E-state index >= 15 is 0 Å². The lowest BCUT2D eigenvalue weighted by Crippen LogP contribution is -2.46. The first-order chi connectivity index (χ1) is 15.0. The molecule has 2 aromatic rings. The average Bonchev–Trinajstić information content (AvgIpc) is 3.18. The van der Waals surface area contributed by atoms with Gasteiger partial charge in [-0.25, -0.2) is 0 Å². The van der Waals surface area contributed by atoms with Crippen LogP contribution in [0.4, 0.5) is 11.4 Å². The summed E-state index contributed by atoms with van der Waals surface area (Å²) in [6.45, 7) is 6.33. The number of carbonyl (C=O) groups is 2. The number of nitrogens with one attached hydrogen (secondary N) is 1. The molecule has 0 aromatic heterocycles. The molecule has 164 valence electrons. The van der Waals surface area contributed by atoms with Gasteiger partial charge in [-0.3, -0.25) is 9.59 Å². The van der Waals surface area contributed by atoms with Gasteiger partial charge in [0.2, 0.25) is 11.8 Å². The topological polar surface area (TPSA) is 61.9 Å². The molecule has 1 N–H and O–H groups in total. The van der Waals surface area contributed by atoms with E-state index in [1.165, 1.54) is 5.69 Å². The van der Waals surface area contributed by atoms with E-state index in [1.807, 2.05) is 44.2 Å². The number of carbonyl (C=O) groups excluding carboxylic acids is 2. The molecule has 2 fully saturated rings. The summed E-state index contributed by atoms with van der Waals surface area (Å²) in [6.07, 6.45) is 2.09. The van der Waals surface area contributed by atoms with Crippen LogP contribution in [0.2, 0.25) is 0 Å². The molecule has 2 aliphatic rings. The van der Waals surface area contributed by atoms with E-state index in [4.69, 9.17) is 4.74 Å². The highest BCUT2D eigenvalue weighted by atomic mass is 16.5. The van der Waals surface area contributed by atoms with Crippen molar-refractivity contribution < 1.29 is 14.3 Å². The Balaban J connectivity index is 1.31. The first kappa shape index (κ1) is 21.2. The van der Waals surface area contributed by atoms with Gasteiger partial charge < -0.3 is 19.9 Å². The Bertz CT molecular complexity index is 949. The van der Waals surface area contributed by atoms with Crippen molar-refractivity contribution in [1.82, 2.24) is 5.32 Å². The van der Waals surface area contributed by atoms with Crippen LogP contribution in [0.15, 0.2) is 42.5 Å². The first-order valence-electron chi connectivity index (χ1n) is 11.0. The zero-order valence-corrected chi connectivity index (χ0v) is 18.6. The Morgan fingerprint density at radius 1 is 1.06 bits per heavy atom. The molecule has 2 amide bonds. The maximum absolute atomic E-state index is 12.9. The van der Waals surface area contributed by atoms with E-state index in [0.29, 0.717) is 6.54 Å². The molecule has 6 nitrogen and oxygen atoms in total. The number of rotatable bonds is 5. The van der Waals surface area contributed by atoms with Gasteiger partial charge in [0, 0.05) is 43.5 Å². The van der Waals surface area contributed by atoms with Crippen molar-refractivity contribution in [3.8, 4) is 5.75 Å². The van der Waals surface area contributed by atoms with Crippen LogP contribution in [0.1, 0.15) is 30.4 Å². The number of aryl methyl sites for hydroxylation is 1. The molecule has 1 atom stereocenters. The molecule has 0 saturated carbocycles. The molecule has 2 aromatic carbocycles. The molecule has 6 heteroatoms. The fourth-order valence-electron chi connectivity index (χ4n) is 4.54. The number of nitrogens with zero attached hydrogens (tertiary/aromatic N) is 2. The maximum Gasteiger partial charge on any atom is 0.227 e. The van der Waals surface area contributed by atoms with Gasteiger partial charge in [0.05, 0.1) is 13.0 Å². The smallest absolute Gasteiger partial charge is 0.227 e. The van der Waals surface area contributed by atoms with E-state index in [0.717, 1.165) is 48.5 Å². The van der Waals surface area contributed by atoms with Crippen LogP contribution in [-0.4, -0.2) is 44.6 Å². The summed E-state index contributed by atoms with van der Waals surface area (Å²) in [6, 6.07) is 14.2. The van der Waals surface area contributed by atoms with Gasteiger partial charge in [0.1, 0.15) is 5.75 Å². The third-order valence-electron chi connectivity index (χ3n) is 6.64. The molecule has 0 bridgehead atoms. The van der Waals surface area contributed by atoms with E-state index in [2.05, 4.69) is 22.3 Å². The summed E-state index contributed by atoms with van der Waals surface area (Å²) < 4.78 is 5.23. The van der Waals surface area contributed by atoms with Crippen LogP contribution in [0.5, 0.6) is 5.75 Å². The van der Waals surface area contributed by atoms with E-state index in [1.54, 1.807) is 12.0 Å². The molecule has 0 spiro atoms. The fraction of sp³-hybridized carbons (Fsp3) is 0.440. The van der Waals surface area contributed by atoms with Crippen LogP contribution >= 0.6 is 0 Å². The third-order valence-corrected chi connectivity index (χ3v) is 6.64. The summed E-state index contributed by atoms with van der Waals surface area (Å²) in [5.41, 5.74) is 4.36. The fourth-order valence-corrected chi connectivity index (χ4v) is 4.54. The summed E-state index contributed by atoms with van der Waals surface area (Å²) in [7, 11) is 1.67. The number of hydrogen-bond acceptors (Lipinski definition) is 4. The number of ether oxygens (including phenoxy) is 1. The zero-order chi connectivity index (χ0) is 22.0. The summed E-state index contributed by atoms with van der Waals surface area (Å²) >= 11 is 0. The maximum atomic E-state index is 12.9. The number of piperidine rings is 1. The number of anilines is 2. The van der Waals surface area contributed by atoms with Crippen molar-refractivity contribution in [3.63, 3.8) is 0 Å². The van der Waals surface area contributed by atoms with E-state index < -0.39 is 0 Å². The van der Waals surface area contributed by atoms with Gasteiger partial charge in [-0.1, -0.05) is 12.1 Å². The van der Waals surface area contributed by atoms with Crippen molar-refractivity contribution in [3.05, 3.63) is 53.6 Å². The molecular weight excluding hydrogens is 390 g/mol. The average molecular weight is 422 g/mol. The van der Waals surface area contributed by atoms with Crippen LogP contribution in [0.3, 0.4) is 0 Å². The SMILES string of the molecule is COc1ccc(N2CCC(NC(=O)C3CC(=O)N(c4cccc(C)c4C)C3)CC2)cc1. The number of methoxy groups -OCH3 is 1. The van der Waals surface area contributed by atoms with Crippen molar-refractivity contribution in [2.75, 3.05) is 36.5 Å². The lowest BCUT2D eigenvalue weighted by Gasteiger charge is -2.34. The highest BCUT2D eigenvalue weighted by molar-refractivity contribution is 6.01. The Morgan fingerprint density at radius 2 is 1.77 bits per heavy atom. The second-order valence-electron chi connectivity index (χ2n) is 8.59. The van der Waals surface area contributed by atoms with Crippen LogP contribution in [-0.2, 0) is 9.59 Å². The lowest BCUT2D eigenvalue weighted by molar-refractivity contribution is -0.127. The molecule has 1 unspecified atom stereocenters. The lowest BCUT2D eigenvalue weighted by atomic mass is 10.0. The Morgan fingerprint density at radius 3 is 2.45 bits per heavy atom. The predicted octanol–water partition coefficient (Wildman–Crippen LogP) is 3.45. The third kappa shape index (κ3) is 4.53. The normalized spacial score (nSPS) is 19.6. The Hall–Kier alpha value is -3.02. The molecule has 0 radical (unpaired) electrons. The predicted molar refractivity (Wildman–Crippen MR) is 123 cm³/mol. The Kier molecular flexibility index (Phi) is 6.16.